The van der Waals surface area contributed by atoms with E-state index in [-0.39, 0.29) is 40.9 Å². The van der Waals surface area contributed by atoms with E-state index < -0.39 is 34.0 Å². The second-order valence-electron chi connectivity index (χ2n) is 11.0. The Labute approximate surface area is 269 Å². The number of carbonyl (C=O) groups is 2. The molecule has 10 nitrogen and oxygen atoms in total. The summed E-state index contributed by atoms with van der Waals surface area (Å²) in [6.45, 7) is 3.83. The fourth-order valence-electron chi connectivity index (χ4n) is 4.88. The molecule has 4 aromatic carbocycles. The Morgan fingerprint density at radius 3 is 2.02 bits per heavy atom. The molecule has 4 rings (SSSR count). The lowest BCUT2D eigenvalue weighted by atomic mass is 10.00. The average Bonchev–Trinajstić information content (AvgIpc) is 3.05. The first-order valence-electron chi connectivity index (χ1n) is 15.1. The van der Waals surface area contributed by atoms with Crippen LogP contribution in [0, 0.1) is 0 Å². The Hall–Kier alpha value is -4.71. The van der Waals surface area contributed by atoms with Crippen molar-refractivity contribution in [2.24, 2.45) is 0 Å². The molecule has 0 fully saturated rings. The zero-order valence-electron chi connectivity index (χ0n) is 25.8. The number of sulfonamides is 1. The number of benzene rings is 4. The molecule has 0 aliphatic carbocycles. The largest absolute Gasteiger partial charge is 0.508 e. The van der Waals surface area contributed by atoms with Crippen molar-refractivity contribution in [1.82, 2.24) is 16.0 Å². The quantitative estimate of drug-likeness (QED) is 0.114. The van der Waals surface area contributed by atoms with Gasteiger partial charge in [-0.25, -0.2) is 8.42 Å². The predicted octanol–water partition coefficient (Wildman–Crippen LogP) is 4.14. The van der Waals surface area contributed by atoms with Crippen LogP contribution in [-0.4, -0.2) is 54.9 Å². The number of aliphatic hydroxyl groups is 1. The number of nitrogens with one attached hydrogen (secondary N) is 4. The molecule has 2 amide bonds. The molecule has 0 saturated heterocycles. The number of rotatable bonds is 15. The number of anilines is 1. The summed E-state index contributed by atoms with van der Waals surface area (Å²) in [5.74, 6) is -1.13. The summed E-state index contributed by atoms with van der Waals surface area (Å²) in [4.78, 5) is 27.0. The van der Waals surface area contributed by atoms with E-state index in [1.54, 1.807) is 18.2 Å². The molecule has 0 saturated carbocycles. The minimum Gasteiger partial charge on any atom is -0.508 e. The van der Waals surface area contributed by atoms with E-state index in [4.69, 9.17) is 0 Å². The molecule has 0 aliphatic rings. The van der Waals surface area contributed by atoms with Crippen LogP contribution in [0.15, 0.2) is 103 Å². The van der Waals surface area contributed by atoms with Crippen LogP contribution in [0.1, 0.15) is 57.3 Å². The maximum Gasteiger partial charge on any atom is 0.251 e. The van der Waals surface area contributed by atoms with Crippen molar-refractivity contribution in [3.63, 3.8) is 0 Å². The van der Waals surface area contributed by atoms with E-state index in [1.807, 2.05) is 73.7 Å². The number of aromatic hydroxyl groups is 1. The van der Waals surface area contributed by atoms with E-state index >= 15 is 0 Å². The van der Waals surface area contributed by atoms with Crippen LogP contribution in [0.2, 0.25) is 0 Å². The van der Waals surface area contributed by atoms with Crippen LogP contribution in [-0.2, 0) is 23.0 Å². The summed E-state index contributed by atoms with van der Waals surface area (Å²) in [5, 5.41) is 29.9. The fourth-order valence-corrected chi connectivity index (χ4v) is 5.50. The molecule has 0 bridgehead atoms. The molecule has 0 heterocycles. The van der Waals surface area contributed by atoms with Crippen molar-refractivity contribution in [3.8, 4) is 5.75 Å². The first kappa shape index (κ1) is 34.2. The molecular weight excluding hydrogens is 604 g/mol. The van der Waals surface area contributed by atoms with Crippen molar-refractivity contribution in [2.75, 3.05) is 17.0 Å². The van der Waals surface area contributed by atoms with Crippen molar-refractivity contribution in [2.45, 2.75) is 45.0 Å². The van der Waals surface area contributed by atoms with Gasteiger partial charge in [0.15, 0.2) is 0 Å². The molecule has 46 heavy (non-hydrogen) atoms. The van der Waals surface area contributed by atoms with E-state index in [1.165, 1.54) is 25.1 Å². The van der Waals surface area contributed by atoms with Gasteiger partial charge < -0.3 is 26.2 Å². The third-order valence-corrected chi connectivity index (χ3v) is 8.74. The maximum atomic E-state index is 13.7. The Bertz CT molecular complexity index is 1720. The highest BCUT2D eigenvalue weighted by Crippen LogP contribution is 2.20. The molecule has 6 N–H and O–H groups in total. The highest BCUT2D eigenvalue weighted by atomic mass is 32.2. The van der Waals surface area contributed by atoms with Crippen LogP contribution in [0.4, 0.5) is 5.69 Å². The topological polar surface area (TPSA) is 157 Å². The lowest BCUT2D eigenvalue weighted by molar-refractivity contribution is 0.0830. The van der Waals surface area contributed by atoms with Gasteiger partial charge in [-0.2, -0.15) is 0 Å². The van der Waals surface area contributed by atoms with Gasteiger partial charge in [-0.15, -0.1) is 0 Å². The maximum absolute atomic E-state index is 13.7. The highest BCUT2D eigenvalue weighted by molar-refractivity contribution is 7.92. The van der Waals surface area contributed by atoms with Crippen LogP contribution in [0.3, 0.4) is 0 Å². The second kappa shape index (κ2) is 16.0. The van der Waals surface area contributed by atoms with Gasteiger partial charge in [0.25, 0.3) is 11.8 Å². The number of hydrogen-bond acceptors (Lipinski definition) is 7. The molecule has 3 atom stereocenters. The van der Waals surface area contributed by atoms with Crippen molar-refractivity contribution in [3.05, 3.63) is 131 Å². The minimum atomic E-state index is -3.71. The molecule has 242 valence electrons. The van der Waals surface area contributed by atoms with Gasteiger partial charge in [-0.1, -0.05) is 72.8 Å². The van der Waals surface area contributed by atoms with Gasteiger partial charge in [-0.3, -0.25) is 14.3 Å². The molecule has 0 radical (unpaired) electrons. The smallest absolute Gasteiger partial charge is 0.251 e. The molecule has 0 aromatic heterocycles. The van der Waals surface area contributed by atoms with Crippen molar-refractivity contribution in [1.29, 1.82) is 0 Å². The van der Waals surface area contributed by atoms with Crippen LogP contribution in [0.5, 0.6) is 5.75 Å². The Morgan fingerprint density at radius 1 is 0.783 bits per heavy atom. The third kappa shape index (κ3) is 10.2. The first-order valence-corrected chi connectivity index (χ1v) is 16.7. The van der Waals surface area contributed by atoms with Gasteiger partial charge >= 0.3 is 0 Å². The van der Waals surface area contributed by atoms with E-state index in [2.05, 4.69) is 20.7 Å². The number of hydrogen-bond donors (Lipinski definition) is 6. The van der Waals surface area contributed by atoms with Gasteiger partial charge in [0, 0.05) is 24.2 Å². The summed E-state index contributed by atoms with van der Waals surface area (Å²) >= 11 is 0. The lowest BCUT2D eigenvalue weighted by Crippen LogP contribution is -2.48. The predicted molar refractivity (Wildman–Crippen MR) is 179 cm³/mol. The number of carbonyl (C=O) groups excluding carboxylic acids is 2. The second-order valence-corrected chi connectivity index (χ2v) is 13.1. The van der Waals surface area contributed by atoms with Crippen molar-refractivity contribution >= 4 is 27.5 Å². The van der Waals surface area contributed by atoms with Crippen molar-refractivity contribution < 1.29 is 28.2 Å². The Kier molecular flexibility index (Phi) is 11.9. The summed E-state index contributed by atoms with van der Waals surface area (Å²) in [5.41, 5.74) is 2.81. The Morgan fingerprint density at radius 2 is 1.39 bits per heavy atom. The molecule has 0 unspecified atom stereocenters. The standard InChI is InChI=1S/C35H40N4O6S/c1-3-46(44,45)39-30-20-28(34(42)37-24(2)27-14-8-5-9-15-27)19-29(21-30)35(43)38-32(18-25-11-6-4-7-12-25)33(41)23-36-22-26-13-10-16-31(40)17-26/h4-17,19-21,24,32-33,36,39-41H,3,18,22-23H2,1-2H3,(H,37,42)(H,38,43)/t24-,32+,33-/m1/s1. The summed E-state index contributed by atoms with van der Waals surface area (Å²) < 4.78 is 27.3. The molecule has 11 heteroatoms. The summed E-state index contributed by atoms with van der Waals surface area (Å²) in [7, 11) is -3.71. The van der Waals surface area contributed by atoms with Gasteiger partial charge in [0.05, 0.1) is 29.6 Å². The minimum absolute atomic E-state index is 0.0480. The molecular formula is C35H40N4O6S. The third-order valence-electron chi connectivity index (χ3n) is 7.43. The van der Waals surface area contributed by atoms with Crippen LogP contribution < -0.4 is 20.7 Å². The van der Waals surface area contributed by atoms with Gasteiger partial charge in [-0.05, 0) is 67.3 Å². The van der Waals surface area contributed by atoms with Gasteiger partial charge in [0.2, 0.25) is 10.0 Å². The molecule has 4 aromatic rings. The Balaban J connectivity index is 1.56. The summed E-state index contributed by atoms with van der Waals surface area (Å²) in [6, 6.07) is 28.6. The zero-order chi connectivity index (χ0) is 33.1. The number of amides is 2. The zero-order valence-corrected chi connectivity index (χ0v) is 26.6. The SMILES string of the molecule is CCS(=O)(=O)Nc1cc(C(=O)N[C@@H](Cc2ccccc2)[C@H](O)CNCc2cccc(O)c2)cc(C(=O)N[C@H](C)c2ccccc2)c1. The monoisotopic (exact) mass is 644 g/mol. The van der Waals surface area contributed by atoms with Gasteiger partial charge in [0.1, 0.15) is 5.75 Å². The van der Waals surface area contributed by atoms with Crippen LogP contribution >= 0.6 is 0 Å². The number of aliphatic hydroxyl groups excluding tert-OH is 1. The lowest BCUT2D eigenvalue weighted by Gasteiger charge is -2.25. The number of phenols is 1. The molecule has 0 aliphatic heterocycles. The first-order chi connectivity index (χ1) is 22.0. The number of phenolic OH excluding ortho intramolecular Hbond substituents is 1. The van der Waals surface area contributed by atoms with E-state index in [0.29, 0.717) is 13.0 Å². The van der Waals surface area contributed by atoms with Crippen LogP contribution in [0.25, 0.3) is 0 Å². The normalized spacial score (nSPS) is 13.3. The van der Waals surface area contributed by atoms with E-state index in [9.17, 15) is 28.2 Å². The van der Waals surface area contributed by atoms with E-state index in [0.717, 1.165) is 16.7 Å². The fraction of sp³-hybridized carbons (Fsp3) is 0.257. The molecule has 0 spiro atoms. The average molecular weight is 645 g/mol. The summed E-state index contributed by atoms with van der Waals surface area (Å²) in [6.07, 6.45) is -0.705. The highest BCUT2D eigenvalue weighted by Gasteiger charge is 2.24.